The molecule has 0 aliphatic rings. The largest absolute Gasteiger partial charge is 0.494 e. The van der Waals surface area contributed by atoms with Crippen LogP contribution in [0.3, 0.4) is 0 Å². The highest BCUT2D eigenvalue weighted by atomic mass is 16.5. The van der Waals surface area contributed by atoms with E-state index >= 15 is 0 Å². The maximum Gasteiger partial charge on any atom is 0.125 e. The average Bonchev–Trinajstić information content (AvgIpc) is 2.43. The molecule has 1 rings (SSSR count). The van der Waals surface area contributed by atoms with Gasteiger partial charge >= 0.3 is 0 Å². The topological polar surface area (TPSA) is 71.5 Å². The lowest BCUT2D eigenvalue weighted by atomic mass is 9.93. The number of benzene rings is 1. The molecule has 116 valence electrons. The van der Waals surface area contributed by atoms with Gasteiger partial charge in [0.25, 0.3) is 0 Å². The van der Waals surface area contributed by atoms with E-state index < -0.39 is 0 Å². The fourth-order valence-corrected chi connectivity index (χ4v) is 1.68. The minimum absolute atomic E-state index is 0.285. The van der Waals surface area contributed by atoms with Gasteiger partial charge in [0, 0.05) is 12.1 Å². The Hall–Kier alpha value is -1.84. The summed E-state index contributed by atoms with van der Waals surface area (Å²) in [6.45, 7) is 7.99. The first kappa shape index (κ1) is 17.2. The molecule has 0 saturated carbocycles. The highest BCUT2D eigenvalue weighted by Gasteiger charge is 2.09. The third-order valence-electron chi connectivity index (χ3n) is 3.06. The SMILES string of the molecule is CC(C)(C)CCOc1ccc(C(N)=NCCCC=N)cc1. The molecule has 21 heavy (non-hydrogen) atoms. The third-order valence-corrected chi connectivity index (χ3v) is 3.06. The van der Waals surface area contributed by atoms with Crippen LogP contribution in [0.25, 0.3) is 0 Å². The number of nitrogens with zero attached hydrogens (tertiary/aromatic N) is 1. The molecule has 0 fully saturated rings. The summed E-state index contributed by atoms with van der Waals surface area (Å²) < 4.78 is 5.72. The van der Waals surface area contributed by atoms with Gasteiger partial charge in [-0.2, -0.15) is 0 Å². The van der Waals surface area contributed by atoms with Crippen molar-refractivity contribution in [1.29, 1.82) is 5.41 Å². The van der Waals surface area contributed by atoms with Crippen LogP contribution in [0.5, 0.6) is 5.75 Å². The van der Waals surface area contributed by atoms with Crippen molar-refractivity contribution in [3.8, 4) is 5.75 Å². The summed E-state index contributed by atoms with van der Waals surface area (Å²) in [4.78, 5) is 4.31. The van der Waals surface area contributed by atoms with Crippen molar-refractivity contribution in [2.75, 3.05) is 13.2 Å². The highest BCUT2D eigenvalue weighted by Crippen LogP contribution is 2.19. The van der Waals surface area contributed by atoms with E-state index in [0.29, 0.717) is 12.4 Å². The van der Waals surface area contributed by atoms with Crippen molar-refractivity contribution >= 4 is 12.1 Å². The molecule has 4 heteroatoms. The van der Waals surface area contributed by atoms with E-state index in [1.54, 1.807) is 0 Å². The Morgan fingerprint density at radius 3 is 2.52 bits per heavy atom. The van der Waals surface area contributed by atoms with Crippen molar-refractivity contribution in [1.82, 2.24) is 0 Å². The van der Waals surface area contributed by atoms with Crippen LogP contribution in [0.15, 0.2) is 29.3 Å². The number of hydrogen-bond acceptors (Lipinski definition) is 3. The first-order valence-electron chi connectivity index (χ1n) is 7.44. The molecule has 1 aromatic rings. The van der Waals surface area contributed by atoms with E-state index in [9.17, 15) is 0 Å². The summed E-state index contributed by atoms with van der Waals surface area (Å²) in [7, 11) is 0. The quantitative estimate of drug-likeness (QED) is 0.436. The number of amidine groups is 1. The Morgan fingerprint density at radius 2 is 1.95 bits per heavy atom. The van der Waals surface area contributed by atoms with Gasteiger partial charge in [-0.05, 0) is 55.2 Å². The molecule has 0 aliphatic carbocycles. The van der Waals surface area contributed by atoms with Crippen LogP contribution in [0, 0.1) is 10.8 Å². The van der Waals surface area contributed by atoms with Crippen LogP contribution >= 0.6 is 0 Å². The van der Waals surface area contributed by atoms with Crippen LogP contribution in [-0.4, -0.2) is 25.2 Å². The van der Waals surface area contributed by atoms with Gasteiger partial charge in [0.2, 0.25) is 0 Å². The Morgan fingerprint density at radius 1 is 1.29 bits per heavy atom. The minimum Gasteiger partial charge on any atom is -0.494 e. The van der Waals surface area contributed by atoms with Crippen LogP contribution in [-0.2, 0) is 0 Å². The van der Waals surface area contributed by atoms with Gasteiger partial charge in [0.05, 0.1) is 6.61 Å². The molecule has 0 spiro atoms. The number of nitrogens with one attached hydrogen (secondary N) is 1. The van der Waals surface area contributed by atoms with Gasteiger partial charge in [-0.15, -0.1) is 0 Å². The number of unbranched alkanes of at least 4 members (excludes halogenated alkanes) is 1. The zero-order chi connectivity index (χ0) is 15.7. The Bertz CT molecular complexity index is 458. The summed E-state index contributed by atoms with van der Waals surface area (Å²) in [5.41, 5.74) is 7.13. The smallest absolute Gasteiger partial charge is 0.125 e. The summed E-state index contributed by atoms with van der Waals surface area (Å²) in [6, 6.07) is 7.72. The Labute approximate surface area is 127 Å². The van der Waals surface area contributed by atoms with E-state index in [0.717, 1.165) is 37.2 Å². The van der Waals surface area contributed by atoms with Gasteiger partial charge in [-0.1, -0.05) is 20.8 Å². The van der Waals surface area contributed by atoms with Crippen LogP contribution < -0.4 is 10.5 Å². The summed E-state index contributed by atoms with van der Waals surface area (Å²) >= 11 is 0. The molecule has 1 aromatic carbocycles. The van der Waals surface area contributed by atoms with Gasteiger partial charge in [0.1, 0.15) is 11.6 Å². The second kappa shape index (κ2) is 8.45. The highest BCUT2D eigenvalue weighted by molar-refractivity contribution is 5.97. The van der Waals surface area contributed by atoms with Crippen molar-refractivity contribution in [2.45, 2.75) is 40.0 Å². The van der Waals surface area contributed by atoms with Crippen molar-refractivity contribution in [3.63, 3.8) is 0 Å². The second-order valence-electron chi connectivity index (χ2n) is 6.30. The van der Waals surface area contributed by atoms with Crippen LogP contribution in [0.1, 0.15) is 45.6 Å². The van der Waals surface area contributed by atoms with Gasteiger partial charge < -0.3 is 15.9 Å². The van der Waals surface area contributed by atoms with Gasteiger partial charge in [-0.25, -0.2) is 0 Å². The fraction of sp³-hybridized carbons (Fsp3) is 0.529. The lowest BCUT2D eigenvalue weighted by Crippen LogP contribution is -2.14. The number of aliphatic imine (C=N–C) groups is 1. The number of rotatable bonds is 8. The van der Waals surface area contributed by atoms with Crippen molar-refractivity contribution in [3.05, 3.63) is 29.8 Å². The van der Waals surface area contributed by atoms with E-state index in [4.69, 9.17) is 15.9 Å². The van der Waals surface area contributed by atoms with Gasteiger partial charge in [-0.3, -0.25) is 4.99 Å². The molecule has 0 saturated heterocycles. The van der Waals surface area contributed by atoms with E-state index in [2.05, 4.69) is 25.8 Å². The molecule has 0 heterocycles. The Balaban J connectivity index is 2.47. The molecule has 0 aromatic heterocycles. The lowest BCUT2D eigenvalue weighted by molar-refractivity contribution is 0.243. The van der Waals surface area contributed by atoms with Gasteiger partial charge in [0.15, 0.2) is 0 Å². The monoisotopic (exact) mass is 289 g/mol. The molecule has 0 aliphatic heterocycles. The molecule has 3 N–H and O–H groups in total. The average molecular weight is 289 g/mol. The summed E-state index contributed by atoms with van der Waals surface area (Å²) in [5, 5.41) is 6.95. The molecule has 4 nitrogen and oxygen atoms in total. The lowest BCUT2D eigenvalue weighted by Gasteiger charge is -2.18. The molecular weight excluding hydrogens is 262 g/mol. The fourth-order valence-electron chi connectivity index (χ4n) is 1.68. The maximum absolute atomic E-state index is 6.95. The molecule has 0 amide bonds. The zero-order valence-corrected chi connectivity index (χ0v) is 13.4. The Kier molecular flexibility index (Phi) is 6.92. The second-order valence-corrected chi connectivity index (χ2v) is 6.30. The van der Waals surface area contributed by atoms with Crippen LogP contribution in [0.2, 0.25) is 0 Å². The summed E-state index contributed by atoms with van der Waals surface area (Å²) in [6.07, 6.45) is 4.02. The molecular formula is C17H27N3O. The normalized spacial score (nSPS) is 12.2. The van der Waals surface area contributed by atoms with E-state index in [1.807, 2.05) is 24.3 Å². The third kappa shape index (κ3) is 7.49. The predicted molar refractivity (Wildman–Crippen MR) is 89.6 cm³/mol. The minimum atomic E-state index is 0.285. The zero-order valence-electron chi connectivity index (χ0n) is 13.4. The maximum atomic E-state index is 6.95. The van der Waals surface area contributed by atoms with Crippen molar-refractivity contribution in [2.24, 2.45) is 16.1 Å². The summed E-state index contributed by atoms with van der Waals surface area (Å²) in [5.74, 6) is 1.40. The molecule has 0 atom stereocenters. The first-order valence-corrected chi connectivity index (χ1v) is 7.44. The number of ether oxygens (including phenoxy) is 1. The number of hydrogen-bond donors (Lipinski definition) is 2. The van der Waals surface area contributed by atoms with E-state index in [-0.39, 0.29) is 5.41 Å². The van der Waals surface area contributed by atoms with Crippen molar-refractivity contribution < 1.29 is 4.74 Å². The molecule has 0 bridgehead atoms. The standard InChI is InChI=1S/C17H27N3O/c1-17(2,3)10-13-21-15-8-6-14(7-9-15)16(19)20-12-5-4-11-18/h6-9,11,18H,4-5,10,12-13H2,1-3H3,(H2,19,20). The molecule has 0 unspecified atom stereocenters. The van der Waals surface area contributed by atoms with Crippen LogP contribution in [0.4, 0.5) is 0 Å². The van der Waals surface area contributed by atoms with E-state index in [1.165, 1.54) is 6.21 Å². The predicted octanol–water partition coefficient (Wildman–Crippen LogP) is 3.64. The first-order chi connectivity index (χ1) is 9.92. The number of nitrogens with two attached hydrogens (primary N) is 1. The molecule has 0 radical (unpaired) electrons.